The van der Waals surface area contributed by atoms with Crippen molar-refractivity contribution in [1.82, 2.24) is 4.90 Å². The lowest BCUT2D eigenvalue weighted by atomic mass is 10.2. The van der Waals surface area contributed by atoms with Gasteiger partial charge in [0.05, 0.1) is 4.88 Å². The summed E-state index contributed by atoms with van der Waals surface area (Å²) in [7, 11) is 0. The van der Waals surface area contributed by atoms with Gasteiger partial charge in [-0.3, -0.25) is 4.79 Å². The van der Waals surface area contributed by atoms with Crippen molar-refractivity contribution in [2.45, 2.75) is 25.7 Å². The summed E-state index contributed by atoms with van der Waals surface area (Å²) in [6, 6.07) is 6.49. The highest BCUT2D eigenvalue weighted by atomic mass is 32.1. The van der Waals surface area contributed by atoms with Crippen molar-refractivity contribution in [3.8, 4) is 0 Å². The van der Waals surface area contributed by atoms with Gasteiger partial charge in [0, 0.05) is 17.8 Å². The zero-order valence-electron chi connectivity index (χ0n) is 10.7. The van der Waals surface area contributed by atoms with Crippen LogP contribution in [0, 0.1) is 5.82 Å². The Morgan fingerprint density at radius 1 is 1.11 bits per heavy atom. The first-order valence-electron chi connectivity index (χ1n) is 6.72. The number of hydrogen-bond acceptors (Lipinski definition) is 2. The quantitative estimate of drug-likeness (QED) is 0.770. The molecule has 1 amide bonds. The van der Waals surface area contributed by atoms with Gasteiger partial charge in [-0.1, -0.05) is 12.8 Å². The molecule has 1 aliphatic rings. The summed E-state index contributed by atoms with van der Waals surface area (Å²) in [6.45, 7) is 1.70. The number of carbonyl (C=O) groups excluding carboxylic acids is 1. The smallest absolute Gasteiger partial charge is 0.263 e. The molecule has 1 aliphatic heterocycles. The number of nitrogens with zero attached hydrogens (tertiary/aromatic N) is 1. The minimum Gasteiger partial charge on any atom is -0.338 e. The number of hydrogen-bond donors (Lipinski definition) is 0. The maximum absolute atomic E-state index is 13.2. The maximum Gasteiger partial charge on any atom is 0.263 e. The number of likely N-dealkylation sites (tertiary alicyclic amines) is 1. The molecule has 0 bridgehead atoms. The lowest BCUT2D eigenvalue weighted by Crippen LogP contribution is -2.31. The van der Waals surface area contributed by atoms with Crippen molar-refractivity contribution in [2.24, 2.45) is 0 Å². The second-order valence-electron chi connectivity index (χ2n) is 5.00. The van der Waals surface area contributed by atoms with Crippen molar-refractivity contribution in [3.63, 3.8) is 0 Å². The Balaban J connectivity index is 1.88. The molecule has 0 N–H and O–H groups in total. The monoisotopic (exact) mass is 277 g/mol. The van der Waals surface area contributed by atoms with Crippen molar-refractivity contribution in [2.75, 3.05) is 13.1 Å². The Morgan fingerprint density at radius 3 is 2.58 bits per heavy atom. The van der Waals surface area contributed by atoms with Crippen LogP contribution >= 0.6 is 11.3 Å². The van der Waals surface area contributed by atoms with E-state index >= 15 is 0 Å². The molecule has 1 fully saturated rings. The normalized spacial score (nSPS) is 16.6. The van der Waals surface area contributed by atoms with Crippen LogP contribution in [0.3, 0.4) is 0 Å². The minimum atomic E-state index is -0.251. The number of fused-ring (bicyclic) bond motifs is 1. The van der Waals surface area contributed by atoms with Gasteiger partial charge in [0.1, 0.15) is 5.82 Å². The molecule has 0 saturated carbocycles. The largest absolute Gasteiger partial charge is 0.338 e. The van der Waals surface area contributed by atoms with E-state index in [1.54, 1.807) is 6.07 Å². The van der Waals surface area contributed by atoms with E-state index < -0.39 is 0 Å². The van der Waals surface area contributed by atoms with Gasteiger partial charge in [-0.15, -0.1) is 11.3 Å². The van der Waals surface area contributed by atoms with E-state index in [1.807, 2.05) is 11.0 Å². The molecule has 1 aromatic heterocycles. The van der Waals surface area contributed by atoms with Crippen molar-refractivity contribution in [3.05, 3.63) is 35.0 Å². The molecular weight excluding hydrogens is 261 g/mol. The molecule has 0 atom stereocenters. The van der Waals surface area contributed by atoms with Crippen LogP contribution in [0.2, 0.25) is 0 Å². The van der Waals surface area contributed by atoms with Crippen LogP contribution in [0.1, 0.15) is 35.4 Å². The van der Waals surface area contributed by atoms with Crippen molar-refractivity contribution >= 4 is 27.3 Å². The zero-order chi connectivity index (χ0) is 13.2. The van der Waals surface area contributed by atoms with E-state index in [9.17, 15) is 9.18 Å². The standard InChI is InChI=1S/C15H16FNOS/c16-12-5-6-13-11(9-12)10-14(19-13)15(18)17-7-3-1-2-4-8-17/h5-6,9-10H,1-4,7-8H2. The Hall–Kier alpha value is -1.42. The summed E-state index contributed by atoms with van der Waals surface area (Å²) in [6.07, 6.45) is 4.60. The average Bonchev–Trinajstić information content (AvgIpc) is 2.64. The van der Waals surface area contributed by atoms with E-state index in [0.717, 1.165) is 40.9 Å². The summed E-state index contributed by atoms with van der Waals surface area (Å²) in [5.41, 5.74) is 0. The SMILES string of the molecule is O=C(c1cc2cc(F)ccc2s1)N1CCCCCC1. The minimum absolute atomic E-state index is 0.100. The number of amides is 1. The van der Waals surface area contributed by atoms with Crippen LogP contribution in [-0.4, -0.2) is 23.9 Å². The highest BCUT2D eigenvalue weighted by Gasteiger charge is 2.19. The van der Waals surface area contributed by atoms with E-state index in [0.29, 0.717) is 0 Å². The molecule has 2 nitrogen and oxygen atoms in total. The van der Waals surface area contributed by atoms with E-state index in [4.69, 9.17) is 0 Å². The number of benzene rings is 1. The predicted molar refractivity (Wildman–Crippen MR) is 76.2 cm³/mol. The third-order valence-corrected chi connectivity index (χ3v) is 4.69. The summed E-state index contributed by atoms with van der Waals surface area (Å²) in [4.78, 5) is 15.1. The predicted octanol–water partition coefficient (Wildman–Crippen LogP) is 4.06. The van der Waals surface area contributed by atoms with Gasteiger partial charge >= 0.3 is 0 Å². The van der Waals surface area contributed by atoms with Gasteiger partial charge in [-0.2, -0.15) is 0 Å². The molecule has 4 heteroatoms. The van der Waals surface area contributed by atoms with Crippen LogP contribution < -0.4 is 0 Å². The van der Waals surface area contributed by atoms with Crippen LogP contribution in [-0.2, 0) is 0 Å². The molecule has 100 valence electrons. The number of rotatable bonds is 1. The van der Waals surface area contributed by atoms with Crippen LogP contribution in [0.5, 0.6) is 0 Å². The molecule has 0 unspecified atom stereocenters. The summed E-state index contributed by atoms with van der Waals surface area (Å²) in [5, 5.41) is 0.822. The Labute approximate surface area is 115 Å². The third-order valence-electron chi connectivity index (χ3n) is 3.58. The topological polar surface area (TPSA) is 20.3 Å². The molecule has 1 aromatic carbocycles. The number of carbonyl (C=O) groups is 1. The Bertz CT molecular complexity index is 599. The van der Waals surface area contributed by atoms with Gasteiger partial charge < -0.3 is 4.90 Å². The van der Waals surface area contributed by atoms with Crippen LogP contribution in [0.4, 0.5) is 4.39 Å². The highest BCUT2D eigenvalue weighted by molar-refractivity contribution is 7.20. The van der Waals surface area contributed by atoms with Crippen LogP contribution in [0.25, 0.3) is 10.1 Å². The van der Waals surface area contributed by atoms with Gasteiger partial charge in [-0.25, -0.2) is 4.39 Å². The molecule has 2 heterocycles. The first-order chi connectivity index (χ1) is 9.24. The Morgan fingerprint density at radius 2 is 1.84 bits per heavy atom. The highest BCUT2D eigenvalue weighted by Crippen LogP contribution is 2.27. The van der Waals surface area contributed by atoms with E-state index in [-0.39, 0.29) is 11.7 Å². The fraction of sp³-hybridized carbons (Fsp3) is 0.400. The first kappa shape index (κ1) is 12.6. The molecule has 0 radical (unpaired) electrons. The first-order valence-corrected chi connectivity index (χ1v) is 7.54. The van der Waals surface area contributed by atoms with Gasteiger partial charge in [-0.05, 0) is 42.5 Å². The molecule has 3 rings (SSSR count). The van der Waals surface area contributed by atoms with Crippen LogP contribution in [0.15, 0.2) is 24.3 Å². The number of halogens is 1. The van der Waals surface area contributed by atoms with Gasteiger partial charge in [0.2, 0.25) is 0 Å². The molecule has 19 heavy (non-hydrogen) atoms. The van der Waals surface area contributed by atoms with Gasteiger partial charge in [0.25, 0.3) is 5.91 Å². The summed E-state index contributed by atoms with van der Waals surface area (Å²) < 4.78 is 14.1. The lowest BCUT2D eigenvalue weighted by molar-refractivity contribution is 0.0766. The fourth-order valence-electron chi connectivity index (χ4n) is 2.55. The van der Waals surface area contributed by atoms with Gasteiger partial charge in [0.15, 0.2) is 0 Å². The average molecular weight is 277 g/mol. The summed E-state index contributed by atoms with van der Waals surface area (Å²) in [5.74, 6) is -0.150. The fourth-order valence-corrected chi connectivity index (χ4v) is 3.56. The molecule has 0 spiro atoms. The Kier molecular flexibility index (Phi) is 3.51. The number of thiophene rings is 1. The van der Waals surface area contributed by atoms with Crippen molar-refractivity contribution < 1.29 is 9.18 Å². The maximum atomic E-state index is 13.2. The zero-order valence-corrected chi connectivity index (χ0v) is 11.5. The lowest BCUT2D eigenvalue weighted by Gasteiger charge is -2.19. The molecule has 2 aromatic rings. The molecular formula is C15H16FNOS. The molecule has 0 aliphatic carbocycles. The molecule has 1 saturated heterocycles. The van der Waals surface area contributed by atoms with E-state index in [2.05, 4.69) is 0 Å². The summed E-state index contributed by atoms with van der Waals surface area (Å²) >= 11 is 1.46. The van der Waals surface area contributed by atoms with E-state index in [1.165, 1.54) is 36.3 Å². The second kappa shape index (κ2) is 5.29. The third kappa shape index (κ3) is 2.63. The second-order valence-corrected chi connectivity index (χ2v) is 6.08. The van der Waals surface area contributed by atoms with Crippen molar-refractivity contribution in [1.29, 1.82) is 0 Å².